The Morgan fingerprint density at radius 2 is 1.85 bits per heavy atom. The number of piperazine rings is 1. The molecule has 0 N–H and O–H groups in total. The number of rotatable bonds is 5. The first-order valence-corrected chi connectivity index (χ1v) is 10.3. The molecule has 27 heavy (non-hydrogen) atoms. The average molecular weight is 374 g/mol. The highest BCUT2D eigenvalue weighted by Crippen LogP contribution is 2.32. The number of ether oxygens (including phenoxy) is 1. The normalized spacial score (nSPS) is 22.0. The first-order valence-electron chi connectivity index (χ1n) is 10.3. The SMILES string of the molecule is CC[C@@H](C)c1ccccc1OCC(=O)N1CCC2(CC1)CN(C)CCN2C. The Morgan fingerprint density at radius 3 is 2.56 bits per heavy atom. The Balaban J connectivity index is 1.55. The minimum atomic E-state index is 0.107. The molecule has 2 heterocycles. The molecule has 2 fully saturated rings. The third-order valence-electron chi connectivity index (χ3n) is 6.65. The number of benzene rings is 1. The molecule has 0 aliphatic carbocycles. The summed E-state index contributed by atoms with van der Waals surface area (Å²) in [4.78, 5) is 19.6. The average Bonchev–Trinajstić information content (AvgIpc) is 2.69. The number of nitrogens with zero attached hydrogens (tertiary/aromatic N) is 3. The summed E-state index contributed by atoms with van der Waals surface area (Å²) in [5, 5.41) is 0. The highest BCUT2D eigenvalue weighted by Gasteiger charge is 2.42. The molecule has 1 spiro atoms. The number of piperidine rings is 1. The van der Waals surface area contributed by atoms with Crippen LogP contribution in [0.3, 0.4) is 0 Å². The maximum Gasteiger partial charge on any atom is 0.260 e. The van der Waals surface area contributed by atoms with Gasteiger partial charge in [0.15, 0.2) is 6.61 Å². The van der Waals surface area contributed by atoms with Gasteiger partial charge < -0.3 is 14.5 Å². The van der Waals surface area contributed by atoms with E-state index in [1.807, 2.05) is 23.1 Å². The van der Waals surface area contributed by atoms with Gasteiger partial charge in [0.05, 0.1) is 0 Å². The van der Waals surface area contributed by atoms with Crippen LogP contribution in [0.2, 0.25) is 0 Å². The van der Waals surface area contributed by atoms with Gasteiger partial charge in [-0.3, -0.25) is 9.69 Å². The van der Waals surface area contributed by atoms with Gasteiger partial charge in [0, 0.05) is 38.3 Å². The predicted octanol–water partition coefficient (Wildman–Crippen LogP) is 2.82. The second-order valence-corrected chi connectivity index (χ2v) is 8.40. The number of amides is 1. The summed E-state index contributed by atoms with van der Waals surface area (Å²) < 4.78 is 5.94. The van der Waals surface area contributed by atoms with E-state index in [1.165, 1.54) is 5.56 Å². The van der Waals surface area contributed by atoms with Crippen molar-refractivity contribution in [1.29, 1.82) is 0 Å². The second-order valence-electron chi connectivity index (χ2n) is 8.40. The second kappa shape index (κ2) is 8.61. The lowest BCUT2D eigenvalue weighted by Gasteiger charge is -2.52. The largest absolute Gasteiger partial charge is 0.483 e. The van der Waals surface area contributed by atoms with E-state index in [2.05, 4.69) is 43.8 Å². The monoisotopic (exact) mass is 373 g/mol. The first-order chi connectivity index (χ1) is 12.9. The standard InChI is InChI=1S/C22H35N3O2/c1-5-18(2)19-8-6-7-9-20(19)27-16-21(26)25-12-10-22(11-13-25)17-23(3)14-15-24(22)4/h6-9,18H,5,10-17H2,1-4H3/t18-/m1/s1. The van der Waals surface area contributed by atoms with E-state index in [0.717, 1.165) is 57.7 Å². The fourth-order valence-electron chi connectivity index (χ4n) is 4.44. The molecule has 0 saturated carbocycles. The number of hydrogen-bond acceptors (Lipinski definition) is 4. The summed E-state index contributed by atoms with van der Waals surface area (Å²) in [7, 11) is 4.44. The number of carbonyl (C=O) groups excluding carboxylic acids is 1. The maximum atomic E-state index is 12.7. The van der Waals surface area contributed by atoms with Gasteiger partial charge in [0.1, 0.15) is 5.75 Å². The molecule has 2 aliphatic heterocycles. The van der Waals surface area contributed by atoms with E-state index in [-0.39, 0.29) is 18.1 Å². The maximum absolute atomic E-state index is 12.7. The van der Waals surface area contributed by atoms with Crippen molar-refractivity contribution >= 4 is 5.91 Å². The van der Waals surface area contributed by atoms with Crippen LogP contribution in [0.4, 0.5) is 0 Å². The van der Waals surface area contributed by atoms with Crippen LogP contribution in [0, 0.1) is 0 Å². The lowest BCUT2D eigenvalue weighted by atomic mass is 9.84. The van der Waals surface area contributed by atoms with Crippen LogP contribution < -0.4 is 4.74 Å². The summed E-state index contributed by atoms with van der Waals surface area (Å²) in [5.74, 6) is 1.39. The quantitative estimate of drug-likeness (QED) is 0.795. The molecule has 1 aromatic rings. The summed E-state index contributed by atoms with van der Waals surface area (Å²) >= 11 is 0. The van der Waals surface area contributed by atoms with Gasteiger partial charge in [-0.15, -0.1) is 0 Å². The molecule has 2 aliphatic rings. The summed E-state index contributed by atoms with van der Waals surface area (Å²) in [5.41, 5.74) is 1.42. The third-order valence-corrected chi connectivity index (χ3v) is 6.65. The van der Waals surface area contributed by atoms with Crippen molar-refractivity contribution in [3.63, 3.8) is 0 Å². The van der Waals surface area contributed by atoms with Gasteiger partial charge in [-0.25, -0.2) is 0 Å². The van der Waals surface area contributed by atoms with Crippen molar-refractivity contribution in [3.8, 4) is 5.75 Å². The Hall–Kier alpha value is -1.59. The van der Waals surface area contributed by atoms with Gasteiger partial charge >= 0.3 is 0 Å². The summed E-state index contributed by atoms with van der Waals surface area (Å²) in [6, 6.07) is 8.10. The van der Waals surface area contributed by atoms with E-state index >= 15 is 0 Å². The molecule has 5 nitrogen and oxygen atoms in total. The first kappa shape index (κ1) is 20.2. The lowest BCUT2D eigenvalue weighted by molar-refractivity contribution is -0.137. The Kier molecular flexibility index (Phi) is 6.43. The van der Waals surface area contributed by atoms with Crippen molar-refractivity contribution in [2.24, 2.45) is 0 Å². The van der Waals surface area contributed by atoms with Crippen molar-refractivity contribution in [1.82, 2.24) is 14.7 Å². The van der Waals surface area contributed by atoms with Gasteiger partial charge in [0.25, 0.3) is 5.91 Å². The zero-order chi connectivity index (χ0) is 19.4. The molecule has 5 heteroatoms. The number of hydrogen-bond donors (Lipinski definition) is 0. The highest BCUT2D eigenvalue weighted by atomic mass is 16.5. The van der Waals surface area contributed by atoms with E-state index in [4.69, 9.17) is 4.74 Å². The molecule has 1 atom stereocenters. The van der Waals surface area contributed by atoms with Crippen molar-refractivity contribution in [2.45, 2.75) is 44.6 Å². The van der Waals surface area contributed by atoms with E-state index in [0.29, 0.717) is 5.92 Å². The minimum Gasteiger partial charge on any atom is -0.483 e. The van der Waals surface area contributed by atoms with Crippen LogP contribution in [0.5, 0.6) is 5.75 Å². The summed E-state index contributed by atoms with van der Waals surface area (Å²) in [6.45, 7) is 9.51. The van der Waals surface area contributed by atoms with Gasteiger partial charge in [-0.1, -0.05) is 32.0 Å². The lowest BCUT2D eigenvalue weighted by Crippen LogP contribution is -2.64. The number of para-hydroxylation sites is 1. The molecule has 1 amide bonds. The number of likely N-dealkylation sites (N-methyl/N-ethyl adjacent to an activating group) is 2. The summed E-state index contributed by atoms with van der Waals surface area (Å²) in [6.07, 6.45) is 3.15. The molecule has 2 saturated heterocycles. The molecule has 3 rings (SSSR count). The van der Waals surface area contributed by atoms with E-state index < -0.39 is 0 Å². The predicted molar refractivity (Wildman–Crippen MR) is 109 cm³/mol. The fourth-order valence-corrected chi connectivity index (χ4v) is 4.44. The zero-order valence-electron chi connectivity index (χ0n) is 17.4. The number of carbonyl (C=O) groups is 1. The molecule has 0 unspecified atom stereocenters. The minimum absolute atomic E-state index is 0.107. The van der Waals surface area contributed by atoms with Crippen LogP contribution in [0.15, 0.2) is 24.3 Å². The van der Waals surface area contributed by atoms with Crippen molar-refractivity contribution in [2.75, 3.05) is 53.4 Å². The molecular weight excluding hydrogens is 338 g/mol. The molecule has 0 aromatic heterocycles. The fraction of sp³-hybridized carbons (Fsp3) is 0.682. The smallest absolute Gasteiger partial charge is 0.260 e. The van der Waals surface area contributed by atoms with Crippen LogP contribution >= 0.6 is 0 Å². The third kappa shape index (κ3) is 4.46. The molecule has 0 bridgehead atoms. The van der Waals surface area contributed by atoms with E-state index in [9.17, 15) is 4.79 Å². The molecule has 150 valence electrons. The number of likely N-dealkylation sites (tertiary alicyclic amines) is 1. The van der Waals surface area contributed by atoms with Crippen LogP contribution in [0.25, 0.3) is 0 Å². The Labute approximate surface area is 164 Å². The topological polar surface area (TPSA) is 36.0 Å². The van der Waals surface area contributed by atoms with Crippen LogP contribution in [-0.2, 0) is 4.79 Å². The van der Waals surface area contributed by atoms with Gasteiger partial charge in [0.2, 0.25) is 0 Å². The molecule has 0 radical (unpaired) electrons. The molecular formula is C22H35N3O2. The van der Waals surface area contributed by atoms with Crippen molar-refractivity contribution < 1.29 is 9.53 Å². The Bertz CT molecular complexity index is 640. The van der Waals surface area contributed by atoms with Crippen LogP contribution in [0.1, 0.15) is 44.6 Å². The van der Waals surface area contributed by atoms with Crippen molar-refractivity contribution in [3.05, 3.63) is 29.8 Å². The zero-order valence-corrected chi connectivity index (χ0v) is 17.4. The van der Waals surface area contributed by atoms with E-state index in [1.54, 1.807) is 0 Å². The molecule has 1 aromatic carbocycles. The Morgan fingerprint density at radius 1 is 1.15 bits per heavy atom. The van der Waals surface area contributed by atoms with Crippen LogP contribution in [-0.4, -0.2) is 79.6 Å². The van der Waals surface area contributed by atoms with Gasteiger partial charge in [-0.05, 0) is 50.9 Å². The van der Waals surface area contributed by atoms with Gasteiger partial charge in [-0.2, -0.15) is 0 Å². The highest BCUT2D eigenvalue weighted by molar-refractivity contribution is 5.78.